The van der Waals surface area contributed by atoms with Crippen molar-refractivity contribution in [2.75, 3.05) is 7.11 Å². The summed E-state index contributed by atoms with van der Waals surface area (Å²) in [5.41, 5.74) is 2.49. The molecule has 32 heavy (non-hydrogen) atoms. The zero-order valence-corrected chi connectivity index (χ0v) is 17.2. The zero-order valence-electron chi connectivity index (χ0n) is 17.2. The maximum absolute atomic E-state index is 12.8. The van der Waals surface area contributed by atoms with E-state index >= 15 is 0 Å². The van der Waals surface area contributed by atoms with Crippen LogP contribution >= 0.6 is 0 Å². The van der Waals surface area contributed by atoms with Crippen LogP contribution in [0.25, 0.3) is 10.9 Å². The van der Waals surface area contributed by atoms with Crippen molar-refractivity contribution in [1.82, 2.24) is 25.2 Å². The number of carbonyl (C=O) groups excluding carboxylic acids is 1. The predicted octanol–water partition coefficient (Wildman–Crippen LogP) is 3.99. The minimum Gasteiger partial charge on any atom is -0.465 e. The third kappa shape index (κ3) is 4.63. The first kappa shape index (κ1) is 21.5. The van der Waals surface area contributed by atoms with E-state index in [9.17, 15) is 18.0 Å². The van der Waals surface area contributed by atoms with Gasteiger partial charge in [-0.2, -0.15) is 18.4 Å². The number of hydrogen-bond acceptors (Lipinski definition) is 5. The number of rotatable bonds is 7. The number of halogens is 3. The molecule has 10 heteroatoms. The van der Waals surface area contributed by atoms with E-state index in [0.29, 0.717) is 37.2 Å². The molecule has 2 heterocycles. The number of alkyl halides is 3. The summed E-state index contributed by atoms with van der Waals surface area (Å²) in [7, 11) is 1.33. The molecule has 0 unspecified atom stereocenters. The van der Waals surface area contributed by atoms with Gasteiger partial charge in [0.1, 0.15) is 0 Å². The summed E-state index contributed by atoms with van der Waals surface area (Å²) in [5.74, 6) is 0.157. The van der Waals surface area contributed by atoms with Crippen molar-refractivity contribution < 1.29 is 22.7 Å². The Morgan fingerprint density at radius 1 is 1.09 bits per heavy atom. The summed E-state index contributed by atoms with van der Waals surface area (Å²) in [4.78, 5) is 12.0. The van der Waals surface area contributed by atoms with Crippen molar-refractivity contribution in [3.05, 3.63) is 76.7 Å². The van der Waals surface area contributed by atoms with Crippen LogP contribution in [0.4, 0.5) is 13.2 Å². The smallest absolute Gasteiger partial charge is 0.416 e. The van der Waals surface area contributed by atoms with Crippen molar-refractivity contribution in [3.63, 3.8) is 0 Å². The number of carbonyl (C=O) groups is 1. The Hall–Kier alpha value is -3.69. The number of ether oxygens (including phenoxy) is 1. The number of aromatic nitrogens is 5. The van der Waals surface area contributed by atoms with Gasteiger partial charge in [-0.25, -0.2) is 4.79 Å². The summed E-state index contributed by atoms with van der Waals surface area (Å²) in [6.45, 7) is 0.605. The molecular weight excluding hydrogens is 423 g/mol. The molecule has 0 fully saturated rings. The molecule has 1 N–H and O–H groups in total. The van der Waals surface area contributed by atoms with Gasteiger partial charge in [-0.15, -0.1) is 10.2 Å². The van der Waals surface area contributed by atoms with E-state index in [1.54, 1.807) is 12.1 Å². The quantitative estimate of drug-likeness (QED) is 0.437. The van der Waals surface area contributed by atoms with Crippen LogP contribution in [0.1, 0.15) is 32.9 Å². The standard InChI is InChI=1S/C22H20F3N5O2/c1-32-21(31)15-6-9-19-18(12-15)16(13-30(19)11-10-20-26-28-29-27-20)5-2-14-3-7-17(8-4-14)22(23,24)25/h3-4,6-9,12-13H,2,5,10-11H2,1H3,(H,26,27,28,29). The molecule has 0 bridgehead atoms. The average Bonchev–Trinajstić information content (AvgIpc) is 3.43. The lowest BCUT2D eigenvalue weighted by Crippen LogP contribution is -2.04. The van der Waals surface area contributed by atoms with Crippen LogP contribution < -0.4 is 0 Å². The van der Waals surface area contributed by atoms with Gasteiger partial charge in [0.2, 0.25) is 0 Å². The molecule has 166 valence electrons. The molecule has 0 saturated carbocycles. The van der Waals surface area contributed by atoms with Crippen molar-refractivity contribution in [2.24, 2.45) is 0 Å². The van der Waals surface area contributed by atoms with Gasteiger partial charge in [0, 0.05) is 30.1 Å². The number of benzene rings is 2. The van der Waals surface area contributed by atoms with Crippen LogP contribution in [-0.2, 0) is 36.7 Å². The van der Waals surface area contributed by atoms with E-state index in [0.717, 1.165) is 34.2 Å². The molecule has 0 atom stereocenters. The molecule has 2 aromatic heterocycles. The van der Waals surface area contributed by atoms with Crippen LogP contribution in [0, 0.1) is 0 Å². The Kier molecular flexibility index (Phi) is 5.93. The van der Waals surface area contributed by atoms with Gasteiger partial charge >= 0.3 is 12.1 Å². The number of methoxy groups -OCH3 is 1. The van der Waals surface area contributed by atoms with Crippen LogP contribution in [0.3, 0.4) is 0 Å². The number of nitrogens with zero attached hydrogens (tertiary/aromatic N) is 4. The summed E-state index contributed by atoms with van der Waals surface area (Å²) >= 11 is 0. The van der Waals surface area contributed by atoms with Crippen molar-refractivity contribution in [1.29, 1.82) is 0 Å². The van der Waals surface area contributed by atoms with Crippen molar-refractivity contribution in [2.45, 2.75) is 32.0 Å². The fourth-order valence-electron chi connectivity index (χ4n) is 3.65. The number of fused-ring (bicyclic) bond motifs is 1. The van der Waals surface area contributed by atoms with Crippen molar-refractivity contribution >= 4 is 16.9 Å². The van der Waals surface area contributed by atoms with Crippen LogP contribution in [0.2, 0.25) is 0 Å². The highest BCUT2D eigenvalue weighted by molar-refractivity contribution is 5.96. The molecule has 0 amide bonds. The molecular formula is C22H20F3N5O2. The monoisotopic (exact) mass is 443 g/mol. The Balaban J connectivity index is 1.60. The first-order chi connectivity index (χ1) is 15.3. The highest BCUT2D eigenvalue weighted by Crippen LogP contribution is 2.30. The van der Waals surface area contributed by atoms with Gasteiger partial charge in [-0.1, -0.05) is 17.3 Å². The first-order valence-electron chi connectivity index (χ1n) is 9.93. The second kappa shape index (κ2) is 8.81. The lowest BCUT2D eigenvalue weighted by molar-refractivity contribution is -0.137. The van der Waals surface area contributed by atoms with Gasteiger partial charge in [0.05, 0.1) is 18.2 Å². The number of aryl methyl sites for hydroxylation is 4. The molecule has 4 aromatic rings. The van der Waals surface area contributed by atoms with Crippen molar-refractivity contribution in [3.8, 4) is 0 Å². The summed E-state index contributed by atoms with van der Waals surface area (Å²) < 4.78 is 45.3. The normalized spacial score (nSPS) is 11.8. The SMILES string of the molecule is COC(=O)c1ccc2c(c1)c(CCc1ccc(C(F)(F)F)cc1)cn2CCc1nn[nH]n1. The van der Waals surface area contributed by atoms with E-state index in [1.807, 2.05) is 12.3 Å². The highest BCUT2D eigenvalue weighted by atomic mass is 19.4. The fraction of sp³-hybridized carbons (Fsp3) is 0.273. The topological polar surface area (TPSA) is 85.7 Å². The lowest BCUT2D eigenvalue weighted by Gasteiger charge is -2.07. The Bertz CT molecular complexity index is 1220. The molecule has 4 rings (SSSR count). The molecule has 0 spiro atoms. The Labute approximate surface area is 181 Å². The van der Waals surface area contributed by atoms with Gasteiger partial charge < -0.3 is 9.30 Å². The Morgan fingerprint density at radius 3 is 2.53 bits per heavy atom. The number of tetrazole rings is 1. The number of aromatic amines is 1. The minimum atomic E-state index is -4.35. The second-order valence-corrected chi connectivity index (χ2v) is 7.34. The molecule has 2 aromatic carbocycles. The largest absolute Gasteiger partial charge is 0.465 e. The lowest BCUT2D eigenvalue weighted by atomic mass is 10.0. The van der Waals surface area contributed by atoms with Gasteiger partial charge in [0.15, 0.2) is 5.82 Å². The van der Waals surface area contributed by atoms with Gasteiger partial charge in [-0.3, -0.25) is 0 Å². The van der Waals surface area contributed by atoms with E-state index in [4.69, 9.17) is 4.74 Å². The molecule has 0 radical (unpaired) electrons. The number of esters is 1. The number of hydrogen-bond donors (Lipinski definition) is 1. The zero-order chi connectivity index (χ0) is 22.7. The first-order valence-corrected chi connectivity index (χ1v) is 9.93. The van der Waals surface area contributed by atoms with E-state index in [2.05, 4.69) is 25.2 Å². The molecule has 0 aliphatic heterocycles. The maximum Gasteiger partial charge on any atom is 0.416 e. The highest BCUT2D eigenvalue weighted by Gasteiger charge is 2.29. The Morgan fingerprint density at radius 2 is 1.88 bits per heavy atom. The third-order valence-corrected chi connectivity index (χ3v) is 5.31. The molecule has 0 aliphatic carbocycles. The number of nitrogens with one attached hydrogen (secondary N) is 1. The summed E-state index contributed by atoms with van der Waals surface area (Å²) in [5, 5.41) is 14.8. The summed E-state index contributed by atoms with van der Waals surface area (Å²) in [6, 6.07) is 10.5. The number of H-pyrrole nitrogens is 1. The van der Waals surface area contributed by atoms with Gasteiger partial charge in [0.25, 0.3) is 0 Å². The third-order valence-electron chi connectivity index (χ3n) is 5.31. The van der Waals surface area contributed by atoms with Crippen LogP contribution in [0.5, 0.6) is 0 Å². The predicted molar refractivity (Wildman–Crippen MR) is 110 cm³/mol. The fourth-order valence-corrected chi connectivity index (χ4v) is 3.65. The molecule has 0 aliphatic rings. The van der Waals surface area contributed by atoms with Gasteiger partial charge in [-0.05, 0) is 54.3 Å². The average molecular weight is 443 g/mol. The second-order valence-electron chi connectivity index (χ2n) is 7.34. The van der Waals surface area contributed by atoms with E-state index in [1.165, 1.54) is 19.2 Å². The maximum atomic E-state index is 12.8. The molecule has 7 nitrogen and oxygen atoms in total. The van der Waals surface area contributed by atoms with Crippen LogP contribution in [0.15, 0.2) is 48.7 Å². The van der Waals surface area contributed by atoms with Crippen LogP contribution in [-0.4, -0.2) is 38.3 Å². The van der Waals surface area contributed by atoms with E-state index in [-0.39, 0.29) is 0 Å². The summed E-state index contributed by atoms with van der Waals surface area (Å²) in [6.07, 6.45) is -0.631. The van der Waals surface area contributed by atoms with E-state index < -0.39 is 17.7 Å². The minimum absolute atomic E-state index is 0.430. The molecule has 0 saturated heterocycles.